The van der Waals surface area contributed by atoms with Gasteiger partial charge in [0, 0.05) is 0 Å². The third kappa shape index (κ3) is 5.57. The van der Waals surface area contributed by atoms with E-state index in [1.54, 1.807) is 12.1 Å². The smallest absolute Gasteiger partial charge is 0.335 e. The fourth-order valence-electron chi connectivity index (χ4n) is 2.20. The molecule has 9 heteroatoms. The third-order valence-corrected chi connectivity index (χ3v) is 3.93. The number of aromatic carboxylic acids is 1. The summed E-state index contributed by atoms with van der Waals surface area (Å²) in [5.74, 6) is -0.844. The van der Waals surface area contributed by atoms with Crippen LogP contribution in [0.2, 0.25) is 5.02 Å². The first-order chi connectivity index (χ1) is 12.8. The molecule has 2 aromatic rings. The van der Waals surface area contributed by atoms with Gasteiger partial charge in [-0.25, -0.2) is 4.79 Å². The van der Waals surface area contributed by atoms with E-state index in [2.05, 4.69) is 10.6 Å². The molecular formula is C18H17ClN2O5S. The number of hydrogen-bond donors (Lipinski definition) is 3. The zero-order chi connectivity index (χ0) is 20.0. The first-order valence-corrected chi connectivity index (χ1v) is 8.50. The molecular weight excluding hydrogens is 392 g/mol. The molecule has 0 atom stereocenters. The molecule has 0 fully saturated rings. The van der Waals surface area contributed by atoms with E-state index in [4.69, 9.17) is 38.4 Å². The average Bonchev–Trinajstić information content (AvgIpc) is 2.60. The van der Waals surface area contributed by atoms with Crippen LogP contribution in [0.5, 0.6) is 11.5 Å². The maximum atomic E-state index is 12.0. The van der Waals surface area contributed by atoms with Crippen LogP contribution in [0.3, 0.4) is 0 Å². The lowest BCUT2D eigenvalue weighted by Gasteiger charge is -2.15. The lowest BCUT2D eigenvalue weighted by molar-refractivity contribution is -0.121. The summed E-state index contributed by atoms with van der Waals surface area (Å²) in [7, 11) is 1.38. The van der Waals surface area contributed by atoms with E-state index in [1.807, 2.05) is 19.1 Å². The number of rotatable bonds is 6. The van der Waals surface area contributed by atoms with Crippen LogP contribution in [-0.2, 0) is 4.79 Å². The number of carbonyl (C=O) groups is 2. The van der Waals surface area contributed by atoms with Gasteiger partial charge in [-0.1, -0.05) is 29.8 Å². The van der Waals surface area contributed by atoms with E-state index in [1.165, 1.54) is 19.2 Å². The molecule has 0 unspecified atom stereocenters. The number of aryl methyl sites for hydroxylation is 1. The second-order valence-corrected chi connectivity index (χ2v) is 6.22. The van der Waals surface area contributed by atoms with Gasteiger partial charge in [0.2, 0.25) is 0 Å². The van der Waals surface area contributed by atoms with Crippen molar-refractivity contribution in [1.29, 1.82) is 0 Å². The number of para-hydroxylation sites is 1. The molecule has 7 nitrogen and oxygen atoms in total. The van der Waals surface area contributed by atoms with Crippen LogP contribution in [0.25, 0.3) is 0 Å². The highest BCUT2D eigenvalue weighted by Crippen LogP contribution is 2.34. The minimum absolute atomic E-state index is 0.0507. The Balaban J connectivity index is 2.01. The van der Waals surface area contributed by atoms with Crippen molar-refractivity contribution in [3.8, 4) is 11.5 Å². The summed E-state index contributed by atoms with van der Waals surface area (Å²) in [6.07, 6.45) is 0. The highest BCUT2D eigenvalue weighted by atomic mass is 35.5. The maximum absolute atomic E-state index is 12.0. The van der Waals surface area contributed by atoms with Gasteiger partial charge < -0.3 is 19.9 Å². The summed E-state index contributed by atoms with van der Waals surface area (Å²) < 4.78 is 10.6. The first kappa shape index (κ1) is 20.5. The molecule has 142 valence electrons. The lowest BCUT2D eigenvalue weighted by Crippen LogP contribution is -2.37. The number of ether oxygens (including phenoxy) is 2. The number of amides is 1. The van der Waals surface area contributed by atoms with Gasteiger partial charge in [-0.05, 0) is 42.9 Å². The van der Waals surface area contributed by atoms with Crippen molar-refractivity contribution in [3.63, 3.8) is 0 Å². The zero-order valence-electron chi connectivity index (χ0n) is 14.5. The van der Waals surface area contributed by atoms with E-state index in [9.17, 15) is 9.59 Å². The molecule has 1 amide bonds. The van der Waals surface area contributed by atoms with Crippen molar-refractivity contribution < 1.29 is 24.2 Å². The van der Waals surface area contributed by atoms with E-state index < -0.39 is 11.9 Å². The number of nitrogens with one attached hydrogen (secondary N) is 2. The van der Waals surface area contributed by atoms with Crippen LogP contribution < -0.4 is 20.1 Å². The van der Waals surface area contributed by atoms with Gasteiger partial charge in [0.05, 0.1) is 23.4 Å². The van der Waals surface area contributed by atoms with Crippen LogP contribution in [0.1, 0.15) is 15.9 Å². The first-order valence-electron chi connectivity index (χ1n) is 7.72. The zero-order valence-corrected chi connectivity index (χ0v) is 16.1. The molecule has 0 saturated carbocycles. The Morgan fingerprint density at radius 2 is 1.96 bits per heavy atom. The molecule has 0 saturated heterocycles. The Morgan fingerprint density at radius 1 is 1.26 bits per heavy atom. The largest absolute Gasteiger partial charge is 0.493 e. The van der Waals surface area contributed by atoms with Gasteiger partial charge in [0.25, 0.3) is 5.91 Å². The number of carbonyl (C=O) groups excluding carboxylic acids is 1. The van der Waals surface area contributed by atoms with Crippen molar-refractivity contribution >= 4 is 46.5 Å². The Kier molecular flexibility index (Phi) is 6.98. The van der Waals surface area contributed by atoms with Crippen LogP contribution in [-0.4, -0.2) is 35.8 Å². The molecule has 2 rings (SSSR count). The highest BCUT2D eigenvalue weighted by Gasteiger charge is 2.16. The normalized spacial score (nSPS) is 10.0. The van der Waals surface area contributed by atoms with Crippen molar-refractivity contribution in [3.05, 3.63) is 52.5 Å². The van der Waals surface area contributed by atoms with E-state index in [0.717, 1.165) is 5.56 Å². The van der Waals surface area contributed by atoms with Crippen LogP contribution in [0, 0.1) is 6.92 Å². The van der Waals surface area contributed by atoms with Crippen molar-refractivity contribution in [1.82, 2.24) is 5.32 Å². The summed E-state index contributed by atoms with van der Waals surface area (Å²) in [4.78, 5) is 23.2. The Morgan fingerprint density at radius 3 is 2.59 bits per heavy atom. The van der Waals surface area contributed by atoms with Crippen LogP contribution in [0.15, 0.2) is 36.4 Å². The molecule has 0 heterocycles. The average molecular weight is 409 g/mol. The van der Waals surface area contributed by atoms with Gasteiger partial charge in [0.1, 0.15) is 5.75 Å². The van der Waals surface area contributed by atoms with Gasteiger partial charge in [-0.2, -0.15) is 0 Å². The van der Waals surface area contributed by atoms with E-state index in [-0.39, 0.29) is 33.7 Å². The maximum Gasteiger partial charge on any atom is 0.335 e. The predicted molar refractivity (Wildman–Crippen MR) is 106 cm³/mol. The van der Waals surface area contributed by atoms with Gasteiger partial charge in [0.15, 0.2) is 17.5 Å². The number of hydrogen-bond acceptors (Lipinski definition) is 5. The second kappa shape index (κ2) is 9.20. The van der Waals surface area contributed by atoms with E-state index >= 15 is 0 Å². The summed E-state index contributed by atoms with van der Waals surface area (Å²) in [6.45, 7) is 1.63. The Labute approximate surface area is 166 Å². The number of carboxylic acid groups (broad SMARTS) is 1. The van der Waals surface area contributed by atoms with Gasteiger partial charge in [-0.3, -0.25) is 10.1 Å². The van der Waals surface area contributed by atoms with Gasteiger partial charge in [-0.15, -0.1) is 0 Å². The Hall–Kier alpha value is -2.84. The summed E-state index contributed by atoms with van der Waals surface area (Å²) >= 11 is 11.1. The SMILES string of the molecule is COc1c(Cl)cc(C(=O)O)cc1NC(=S)NC(=O)COc1ccccc1C. The monoisotopic (exact) mass is 408 g/mol. The number of thiocarbonyl (C=S) groups is 1. The van der Waals surface area contributed by atoms with E-state index in [0.29, 0.717) is 5.75 Å². The van der Waals surface area contributed by atoms with Gasteiger partial charge >= 0.3 is 5.97 Å². The number of carboxylic acids is 1. The van der Waals surface area contributed by atoms with Crippen molar-refractivity contribution in [2.24, 2.45) is 0 Å². The molecule has 27 heavy (non-hydrogen) atoms. The number of anilines is 1. The number of benzene rings is 2. The second-order valence-electron chi connectivity index (χ2n) is 5.40. The molecule has 0 aromatic heterocycles. The molecule has 0 radical (unpaired) electrons. The van der Waals surface area contributed by atoms with Crippen molar-refractivity contribution in [2.75, 3.05) is 19.0 Å². The number of halogens is 1. The predicted octanol–water partition coefficient (Wildman–Crippen LogP) is 3.25. The summed E-state index contributed by atoms with van der Waals surface area (Å²) in [6, 6.07) is 9.85. The standard InChI is InChI=1S/C18H17ClN2O5S/c1-10-5-3-4-6-14(10)26-9-15(22)21-18(27)20-13-8-11(17(23)24)7-12(19)16(13)25-2/h3-8H,9H2,1-2H3,(H,23,24)(H2,20,21,22,27). The molecule has 3 N–H and O–H groups in total. The third-order valence-electron chi connectivity index (χ3n) is 3.45. The Bertz CT molecular complexity index is 888. The fraction of sp³-hybridized carbons (Fsp3) is 0.167. The van der Waals surface area contributed by atoms with Crippen LogP contribution >= 0.6 is 23.8 Å². The van der Waals surface area contributed by atoms with Crippen LogP contribution in [0.4, 0.5) is 5.69 Å². The molecule has 0 spiro atoms. The molecule has 2 aromatic carbocycles. The summed E-state index contributed by atoms with van der Waals surface area (Å²) in [5, 5.41) is 14.3. The fourth-order valence-corrected chi connectivity index (χ4v) is 2.72. The number of methoxy groups -OCH3 is 1. The minimum atomic E-state index is -1.16. The molecule has 0 bridgehead atoms. The topological polar surface area (TPSA) is 96.9 Å². The lowest BCUT2D eigenvalue weighted by atomic mass is 10.2. The van der Waals surface area contributed by atoms with Crippen molar-refractivity contribution in [2.45, 2.75) is 6.92 Å². The molecule has 0 aliphatic heterocycles. The molecule has 0 aliphatic carbocycles. The minimum Gasteiger partial charge on any atom is -0.493 e. The highest BCUT2D eigenvalue weighted by molar-refractivity contribution is 7.80. The summed E-state index contributed by atoms with van der Waals surface area (Å²) in [5.41, 5.74) is 1.06. The quantitative estimate of drug-likeness (QED) is 0.631. The molecule has 0 aliphatic rings.